The van der Waals surface area contributed by atoms with E-state index in [1.165, 1.54) is 16.5 Å². The Labute approximate surface area is 245 Å². The number of rotatable bonds is 4. The number of aryl methyl sites for hydroxylation is 2. The van der Waals surface area contributed by atoms with Crippen LogP contribution in [0.1, 0.15) is 36.5 Å². The van der Waals surface area contributed by atoms with Crippen LogP contribution in [0.3, 0.4) is 0 Å². The van der Waals surface area contributed by atoms with E-state index in [4.69, 9.17) is 4.42 Å². The Hall–Kier alpha value is -5.20. The van der Waals surface area contributed by atoms with Crippen LogP contribution >= 0.6 is 0 Å². The van der Waals surface area contributed by atoms with Gasteiger partial charge in [-0.25, -0.2) is 0 Å². The molecule has 0 radical (unpaired) electrons. The summed E-state index contributed by atoms with van der Waals surface area (Å²) in [5.41, 5.74) is 12.2. The monoisotopic (exact) mass is 543 g/mol. The minimum absolute atomic E-state index is 0.369. The second-order valence-corrected chi connectivity index (χ2v) is 11.4. The minimum Gasteiger partial charge on any atom is -0.454 e. The molecule has 0 amide bonds. The maximum Gasteiger partial charge on any atom is 0.217 e. The summed E-state index contributed by atoms with van der Waals surface area (Å²) >= 11 is 0. The van der Waals surface area contributed by atoms with E-state index in [1.807, 2.05) is 30.3 Å². The molecule has 3 heteroatoms. The zero-order chi connectivity index (χ0) is 29.0. The molecule has 0 aliphatic rings. The van der Waals surface area contributed by atoms with Crippen molar-refractivity contribution in [3.63, 3.8) is 0 Å². The van der Waals surface area contributed by atoms with E-state index in [0.29, 0.717) is 11.5 Å². The molecule has 0 aliphatic carbocycles. The summed E-state index contributed by atoms with van der Waals surface area (Å²) < 4.78 is 9.14. The largest absolute Gasteiger partial charge is 0.454 e. The minimum atomic E-state index is 0.369. The number of benzene rings is 5. The summed E-state index contributed by atoms with van der Waals surface area (Å²) in [6, 6.07) is 40.4. The van der Waals surface area contributed by atoms with E-state index >= 15 is 0 Å². The van der Waals surface area contributed by atoms with E-state index in [0.717, 1.165) is 61.0 Å². The molecule has 2 heterocycles. The standard InChI is InChI=1S/C39H31N2O/c1-24(2)33-22-35(41(4)34-13-9-8-12-30(33)34)36-25(3)14-20-31-32-21-19-29(23-40)37(39(32)42-38(31)36)28-17-15-27(16-18-28)26-10-6-5-7-11-26/h5-22,24H,1-4H3/q+1. The Bertz CT molecular complexity index is 2180. The molecule has 0 unspecified atom stereocenters. The molecule has 0 saturated carbocycles. The number of nitrogens with zero attached hydrogens (tertiary/aromatic N) is 2. The van der Waals surface area contributed by atoms with Gasteiger partial charge >= 0.3 is 0 Å². The Kier molecular flexibility index (Phi) is 6.14. The number of fused-ring (bicyclic) bond motifs is 4. The third kappa shape index (κ3) is 3.99. The Balaban J connectivity index is 1.50. The van der Waals surface area contributed by atoms with E-state index in [9.17, 15) is 5.26 Å². The summed E-state index contributed by atoms with van der Waals surface area (Å²) in [6.45, 7) is 6.65. The van der Waals surface area contributed by atoms with Gasteiger partial charge in [-0.1, -0.05) is 92.7 Å². The maximum absolute atomic E-state index is 10.1. The predicted octanol–water partition coefficient (Wildman–Crippen LogP) is 9.87. The first-order valence-corrected chi connectivity index (χ1v) is 14.4. The lowest BCUT2D eigenvalue weighted by atomic mass is 9.93. The van der Waals surface area contributed by atoms with Gasteiger partial charge in [0.1, 0.15) is 18.2 Å². The average Bonchev–Trinajstić information content (AvgIpc) is 3.40. The van der Waals surface area contributed by atoms with E-state index in [1.54, 1.807) is 0 Å². The number of nitriles is 1. The molecule has 0 N–H and O–H groups in total. The Morgan fingerprint density at radius 3 is 2.00 bits per heavy atom. The highest BCUT2D eigenvalue weighted by Gasteiger charge is 2.26. The van der Waals surface area contributed by atoms with Crippen LogP contribution in [0, 0.1) is 18.3 Å². The van der Waals surface area contributed by atoms with E-state index < -0.39 is 0 Å². The summed E-state index contributed by atoms with van der Waals surface area (Å²) in [5.74, 6) is 0.369. The van der Waals surface area contributed by atoms with Crippen LogP contribution in [0.4, 0.5) is 0 Å². The second kappa shape index (κ2) is 10.0. The van der Waals surface area contributed by atoms with E-state index in [2.05, 4.69) is 117 Å². The zero-order valence-corrected chi connectivity index (χ0v) is 24.3. The van der Waals surface area contributed by atoms with Crippen LogP contribution in [0.15, 0.2) is 114 Å². The fourth-order valence-corrected chi connectivity index (χ4v) is 6.34. The van der Waals surface area contributed by atoms with Crippen LogP contribution in [0.5, 0.6) is 0 Å². The summed E-state index contributed by atoms with van der Waals surface area (Å²) in [7, 11) is 2.14. The molecule has 0 saturated heterocycles. The smallest absolute Gasteiger partial charge is 0.217 e. The van der Waals surface area contributed by atoms with Crippen molar-refractivity contribution in [3.8, 4) is 39.6 Å². The average molecular weight is 544 g/mol. The fourth-order valence-electron chi connectivity index (χ4n) is 6.34. The molecule has 0 fully saturated rings. The highest BCUT2D eigenvalue weighted by Crippen LogP contribution is 2.43. The highest BCUT2D eigenvalue weighted by molar-refractivity contribution is 6.14. The van der Waals surface area contributed by atoms with Gasteiger partial charge in [-0.15, -0.1) is 0 Å². The summed E-state index contributed by atoms with van der Waals surface area (Å²) in [5, 5.41) is 13.5. The number of para-hydroxylation sites is 1. The van der Waals surface area contributed by atoms with Crippen LogP contribution in [0.2, 0.25) is 0 Å². The molecule has 0 spiro atoms. The lowest BCUT2D eigenvalue weighted by molar-refractivity contribution is -0.633. The van der Waals surface area contributed by atoms with Crippen molar-refractivity contribution in [3.05, 3.63) is 126 Å². The van der Waals surface area contributed by atoms with Crippen LogP contribution < -0.4 is 4.57 Å². The van der Waals surface area contributed by atoms with Gasteiger partial charge in [0.25, 0.3) is 0 Å². The summed E-state index contributed by atoms with van der Waals surface area (Å²) in [6.07, 6.45) is 0. The lowest BCUT2D eigenvalue weighted by Gasteiger charge is -2.13. The number of hydrogen-bond donors (Lipinski definition) is 0. The molecule has 7 aromatic rings. The zero-order valence-electron chi connectivity index (χ0n) is 24.3. The molecule has 5 aromatic carbocycles. The van der Waals surface area contributed by atoms with Gasteiger partial charge in [0.2, 0.25) is 11.2 Å². The second-order valence-electron chi connectivity index (χ2n) is 11.4. The molecular formula is C39H31N2O+. The van der Waals surface area contributed by atoms with Gasteiger partial charge in [-0.05, 0) is 58.9 Å². The molecule has 7 rings (SSSR count). The molecule has 42 heavy (non-hydrogen) atoms. The summed E-state index contributed by atoms with van der Waals surface area (Å²) in [4.78, 5) is 0. The molecular weight excluding hydrogens is 512 g/mol. The van der Waals surface area contributed by atoms with Crippen LogP contribution in [0.25, 0.3) is 66.4 Å². The molecule has 202 valence electrons. The van der Waals surface area contributed by atoms with Crippen molar-refractivity contribution < 1.29 is 8.98 Å². The van der Waals surface area contributed by atoms with Crippen molar-refractivity contribution in [1.82, 2.24) is 0 Å². The van der Waals surface area contributed by atoms with Crippen LogP contribution in [-0.4, -0.2) is 0 Å². The van der Waals surface area contributed by atoms with Crippen molar-refractivity contribution in [1.29, 1.82) is 5.26 Å². The SMILES string of the molecule is Cc1ccc2c(oc3c(-c4ccc(-c5ccccc5)cc4)c(C#N)ccc32)c1-c1cc(C(C)C)c2ccccc2[n+]1C. The quantitative estimate of drug-likeness (QED) is 0.207. The fraction of sp³-hybridized carbons (Fsp3) is 0.128. The third-order valence-corrected chi connectivity index (χ3v) is 8.53. The first-order valence-electron chi connectivity index (χ1n) is 14.4. The van der Waals surface area contributed by atoms with E-state index in [-0.39, 0.29) is 0 Å². The van der Waals surface area contributed by atoms with Gasteiger partial charge in [-0.2, -0.15) is 9.83 Å². The van der Waals surface area contributed by atoms with Crippen molar-refractivity contribution >= 4 is 32.8 Å². The lowest BCUT2D eigenvalue weighted by Crippen LogP contribution is -2.33. The van der Waals surface area contributed by atoms with Gasteiger partial charge in [0, 0.05) is 33.9 Å². The van der Waals surface area contributed by atoms with Crippen molar-refractivity contribution in [2.24, 2.45) is 7.05 Å². The number of pyridine rings is 1. The van der Waals surface area contributed by atoms with Gasteiger partial charge < -0.3 is 4.42 Å². The molecule has 3 nitrogen and oxygen atoms in total. The van der Waals surface area contributed by atoms with Gasteiger partial charge in [0.05, 0.1) is 17.2 Å². The topological polar surface area (TPSA) is 40.8 Å². The normalized spacial score (nSPS) is 11.5. The number of hydrogen-bond acceptors (Lipinski definition) is 2. The highest BCUT2D eigenvalue weighted by atomic mass is 16.3. The van der Waals surface area contributed by atoms with Crippen molar-refractivity contribution in [2.45, 2.75) is 26.7 Å². The third-order valence-electron chi connectivity index (χ3n) is 8.53. The molecule has 0 atom stereocenters. The molecule has 0 aliphatic heterocycles. The number of furan rings is 1. The Morgan fingerprint density at radius 2 is 1.29 bits per heavy atom. The van der Waals surface area contributed by atoms with Gasteiger partial charge in [0.15, 0.2) is 0 Å². The first-order chi connectivity index (χ1) is 20.5. The predicted molar refractivity (Wildman–Crippen MR) is 172 cm³/mol. The Morgan fingerprint density at radius 1 is 0.667 bits per heavy atom. The number of aromatic nitrogens is 1. The molecule has 2 aromatic heterocycles. The van der Waals surface area contributed by atoms with Crippen molar-refractivity contribution in [2.75, 3.05) is 0 Å². The molecule has 0 bridgehead atoms. The maximum atomic E-state index is 10.1. The van der Waals surface area contributed by atoms with Gasteiger partial charge in [-0.3, -0.25) is 0 Å². The van der Waals surface area contributed by atoms with Crippen LogP contribution in [-0.2, 0) is 7.05 Å². The first kappa shape index (κ1) is 25.7.